The Kier molecular flexibility index (Phi) is 3.31. The van der Waals surface area contributed by atoms with Crippen molar-refractivity contribution in [2.45, 2.75) is 19.4 Å². The number of anilines is 2. The van der Waals surface area contributed by atoms with Gasteiger partial charge in [-0.25, -0.2) is 4.98 Å². The minimum Gasteiger partial charge on any atom is -0.382 e. The zero-order chi connectivity index (χ0) is 12.5. The zero-order valence-electron chi connectivity index (χ0n) is 10.5. The Morgan fingerprint density at radius 1 is 1.56 bits per heavy atom. The van der Waals surface area contributed by atoms with Crippen LogP contribution in [0.2, 0.25) is 5.02 Å². The maximum Gasteiger partial charge on any atom is 0.152 e. The van der Waals surface area contributed by atoms with Gasteiger partial charge in [-0.3, -0.25) is 0 Å². The molecule has 1 aromatic heterocycles. The molecule has 5 heteroatoms. The van der Waals surface area contributed by atoms with Crippen LogP contribution in [0.1, 0.15) is 13.3 Å². The molecule has 2 aliphatic heterocycles. The van der Waals surface area contributed by atoms with Crippen molar-refractivity contribution in [3.63, 3.8) is 0 Å². The van der Waals surface area contributed by atoms with Crippen LogP contribution in [0.3, 0.4) is 0 Å². The average Bonchev–Trinajstić information content (AvgIpc) is 2.77. The van der Waals surface area contributed by atoms with Crippen LogP contribution in [0, 0.1) is 5.92 Å². The number of aromatic nitrogens is 1. The summed E-state index contributed by atoms with van der Waals surface area (Å²) in [6, 6.07) is 2.40. The molecule has 2 atom stereocenters. The van der Waals surface area contributed by atoms with Crippen LogP contribution >= 0.6 is 11.6 Å². The maximum absolute atomic E-state index is 6.03. The number of rotatable bonds is 2. The lowest BCUT2D eigenvalue weighted by molar-refractivity contribution is 0.185. The highest BCUT2D eigenvalue weighted by atomic mass is 35.5. The molecular weight excluding hydrogens is 250 g/mol. The van der Waals surface area contributed by atoms with Gasteiger partial charge in [0.1, 0.15) is 0 Å². The minimum atomic E-state index is 0.437. The van der Waals surface area contributed by atoms with E-state index in [1.165, 1.54) is 0 Å². The normalized spacial score (nSPS) is 26.2. The smallest absolute Gasteiger partial charge is 0.152 e. The fourth-order valence-corrected chi connectivity index (χ4v) is 2.99. The Morgan fingerprint density at radius 2 is 2.44 bits per heavy atom. The first kappa shape index (κ1) is 12.1. The third-order valence-corrected chi connectivity index (χ3v) is 3.90. The van der Waals surface area contributed by atoms with E-state index in [1.807, 2.05) is 6.07 Å². The van der Waals surface area contributed by atoms with Gasteiger partial charge >= 0.3 is 0 Å². The quantitative estimate of drug-likeness (QED) is 0.893. The number of hydrogen-bond acceptors (Lipinski definition) is 4. The second-order valence-corrected chi connectivity index (χ2v) is 5.40. The lowest BCUT2D eigenvalue weighted by Crippen LogP contribution is -2.41. The molecule has 0 aliphatic carbocycles. The van der Waals surface area contributed by atoms with Gasteiger partial charge in [0.25, 0.3) is 0 Å². The summed E-state index contributed by atoms with van der Waals surface area (Å²) in [5, 5.41) is 4.14. The highest BCUT2D eigenvalue weighted by Gasteiger charge is 2.36. The summed E-state index contributed by atoms with van der Waals surface area (Å²) in [7, 11) is 0. The van der Waals surface area contributed by atoms with Crippen molar-refractivity contribution >= 4 is 23.1 Å². The second kappa shape index (κ2) is 4.94. The summed E-state index contributed by atoms with van der Waals surface area (Å²) < 4.78 is 5.63. The summed E-state index contributed by atoms with van der Waals surface area (Å²) in [5.74, 6) is 1.55. The Balaban J connectivity index is 2.00. The minimum absolute atomic E-state index is 0.437. The molecule has 0 radical (unpaired) electrons. The molecule has 2 aliphatic rings. The Hall–Kier alpha value is -1.00. The fraction of sp³-hybridized carbons (Fsp3) is 0.615. The van der Waals surface area contributed by atoms with Crippen molar-refractivity contribution in [1.29, 1.82) is 0 Å². The van der Waals surface area contributed by atoms with Crippen LogP contribution in [-0.2, 0) is 4.74 Å². The van der Waals surface area contributed by atoms with E-state index in [-0.39, 0.29) is 0 Å². The van der Waals surface area contributed by atoms with Crippen molar-refractivity contribution in [3.8, 4) is 0 Å². The van der Waals surface area contributed by atoms with Crippen LogP contribution in [0.25, 0.3) is 0 Å². The maximum atomic E-state index is 6.03. The second-order valence-electron chi connectivity index (χ2n) is 4.96. The third kappa shape index (κ3) is 2.04. The summed E-state index contributed by atoms with van der Waals surface area (Å²) in [6.07, 6.45) is 2.83. The number of halogens is 1. The van der Waals surface area contributed by atoms with Gasteiger partial charge in [0.15, 0.2) is 5.82 Å². The van der Waals surface area contributed by atoms with Gasteiger partial charge in [-0.15, -0.1) is 0 Å². The van der Waals surface area contributed by atoms with Crippen molar-refractivity contribution in [3.05, 3.63) is 17.3 Å². The Bertz CT molecular complexity index is 440. The molecule has 3 rings (SSSR count). The molecule has 0 bridgehead atoms. The third-order valence-electron chi connectivity index (χ3n) is 3.69. The molecular formula is C13H18ClN3O. The van der Waals surface area contributed by atoms with Gasteiger partial charge in [0.2, 0.25) is 0 Å². The van der Waals surface area contributed by atoms with Crippen LogP contribution < -0.4 is 10.2 Å². The predicted molar refractivity (Wildman–Crippen MR) is 73.5 cm³/mol. The molecule has 0 aromatic carbocycles. The number of pyridine rings is 1. The van der Waals surface area contributed by atoms with E-state index in [0.29, 0.717) is 17.0 Å². The average molecular weight is 268 g/mol. The predicted octanol–water partition coefficient (Wildman–Crippen LogP) is 2.39. The first-order chi connectivity index (χ1) is 8.79. The molecule has 1 N–H and O–H groups in total. The molecule has 1 fully saturated rings. The Labute approximate surface area is 112 Å². The molecule has 98 valence electrons. The van der Waals surface area contributed by atoms with E-state index in [0.717, 1.165) is 44.2 Å². The summed E-state index contributed by atoms with van der Waals surface area (Å²) in [4.78, 5) is 6.89. The van der Waals surface area contributed by atoms with Crippen molar-refractivity contribution in [2.75, 3.05) is 36.5 Å². The lowest BCUT2D eigenvalue weighted by atomic mass is 10.0. The van der Waals surface area contributed by atoms with Crippen molar-refractivity contribution < 1.29 is 4.74 Å². The molecule has 2 unspecified atom stereocenters. The van der Waals surface area contributed by atoms with E-state index in [9.17, 15) is 0 Å². The summed E-state index contributed by atoms with van der Waals surface area (Å²) >= 11 is 6.03. The summed E-state index contributed by atoms with van der Waals surface area (Å²) in [5.41, 5.74) is 1.05. The lowest BCUT2D eigenvalue weighted by Gasteiger charge is -2.30. The van der Waals surface area contributed by atoms with Gasteiger partial charge in [0, 0.05) is 25.2 Å². The molecule has 0 spiro atoms. The van der Waals surface area contributed by atoms with Gasteiger partial charge in [-0.2, -0.15) is 0 Å². The van der Waals surface area contributed by atoms with E-state index < -0.39 is 0 Å². The largest absolute Gasteiger partial charge is 0.382 e. The monoisotopic (exact) mass is 267 g/mol. The first-order valence-corrected chi connectivity index (χ1v) is 6.91. The number of nitrogens with zero attached hydrogens (tertiary/aromatic N) is 2. The molecule has 4 nitrogen and oxygen atoms in total. The number of ether oxygens (including phenoxy) is 1. The summed E-state index contributed by atoms with van der Waals surface area (Å²) in [6.45, 7) is 5.77. The van der Waals surface area contributed by atoms with Crippen LogP contribution in [0.15, 0.2) is 12.3 Å². The van der Waals surface area contributed by atoms with Gasteiger partial charge in [-0.1, -0.05) is 18.5 Å². The van der Waals surface area contributed by atoms with E-state index in [1.54, 1.807) is 6.20 Å². The van der Waals surface area contributed by atoms with Gasteiger partial charge in [-0.05, 0) is 12.5 Å². The molecule has 18 heavy (non-hydrogen) atoms. The molecule has 3 heterocycles. The van der Waals surface area contributed by atoms with Crippen LogP contribution in [-0.4, -0.2) is 37.3 Å². The van der Waals surface area contributed by atoms with E-state index in [4.69, 9.17) is 16.3 Å². The standard InChI is InChI=1S/C13H18ClN3O/c1-2-3-17-12-8-18-7-9(12)5-15-11-4-10(14)6-16-13(11)17/h4,6,9,12,15H,2-3,5,7-8H2,1H3. The molecule has 1 saturated heterocycles. The number of fused-ring (bicyclic) bond motifs is 2. The Morgan fingerprint density at radius 3 is 3.28 bits per heavy atom. The number of nitrogens with one attached hydrogen (secondary N) is 1. The molecule has 0 amide bonds. The SMILES string of the molecule is CCCN1c2ncc(Cl)cc2NCC2COCC21. The van der Waals surface area contributed by atoms with Crippen LogP contribution in [0.5, 0.6) is 0 Å². The van der Waals surface area contributed by atoms with E-state index >= 15 is 0 Å². The van der Waals surface area contributed by atoms with Gasteiger partial charge in [0.05, 0.1) is 30.0 Å². The number of hydrogen-bond donors (Lipinski definition) is 1. The highest BCUT2D eigenvalue weighted by molar-refractivity contribution is 6.30. The zero-order valence-corrected chi connectivity index (χ0v) is 11.3. The topological polar surface area (TPSA) is 37.4 Å². The van der Waals surface area contributed by atoms with Crippen molar-refractivity contribution in [2.24, 2.45) is 5.92 Å². The van der Waals surface area contributed by atoms with Crippen LogP contribution in [0.4, 0.5) is 11.5 Å². The fourth-order valence-electron chi connectivity index (χ4n) is 2.83. The molecule has 1 aromatic rings. The molecule has 0 saturated carbocycles. The first-order valence-electron chi connectivity index (χ1n) is 6.53. The highest BCUT2D eigenvalue weighted by Crippen LogP contribution is 2.34. The van der Waals surface area contributed by atoms with E-state index in [2.05, 4.69) is 22.1 Å². The van der Waals surface area contributed by atoms with Gasteiger partial charge < -0.3 is 15.0 Å². The van der Waals surface area contributed by atoms with Crippen molar-refractivity contribution in [1.82, 2.24) is 4.98 Å².